The molecule has 0 saturated carbocycles. The summed E-state index contributed by atoms with van der Waals surface area (Å²) in [5, 5.41) is 18.4. The number of carbonyl (C=O) groups excluding carboxylic acids is 1. The number of phenols is 1. The minimum Gasteiger partial charge on any atom is -0.507 e. The zero-order valence-electron chi connectivity index (χ0n) is 20.8. The van der Waals surface area contributed by atoms with Crippen LogP contribution in [0.5, 0.6) is 23.0 Å². The Kier molecular flexibility index (Phi) is 6.43. The molecule has 1 aliphatic heterocycles. The Morgan fingerprint density at radius 1 is 1.00 bits per heavy atom. The lowest BCUT2D eigenvalue weighted by molar-refractivity contribution is 0.0729. The van der Waals surface area contributed by atoms with Crippen molar-refractivity contribution in [1.82, 2.24) is 15.1 Å². The van der Waals surface area contributed by atoms with Crippen LogP contribution in [-0.2, 0) is 6.54 Å². The molecule has 2 heterocycles. The molecule has 9 heteroatoms. The van der Waals surface area contributed by atoms with Crippen molar-refractivity contribution in [3.63, 3.8) is 0 Å². The van der Waals surface area contributed by atoms with Crippen LogP contribution in [0.15, 0.2) is 54.6 Å². The van der Waals surface area contributed by atoms with E-state index in [1.807, 2.05) is 43.3 Å². The molecule has 1 atom stereocenters. The maximum atomic E-state index is 13.8. The van der Waals surface area contributed by atoms with Crippen molar-refractivity contribution in [1.29, 1.82) is 0 Å². The number of nitrogens with zero attached hydrogens (tertiary/aromatic N) is 2. The number of benzene rings is 3. The Balaban J connectivity index is 1.72. The van der Waals surface area contributed by atoms with Gasteiger partial charge >= 0.3 is 0 Å². The summed E-state index contributed by atoms with van der Waals surface area (Å²) < 4.78 is 16.7. The Bertz CT molecular complexity index is 1460. The molecular weight excluding hydrogens is 494 g/mol. The van der Waals surface area contributed by atoms with E-state index in [9.17, 15) is 9.90 Å². The van der Waals surface area contributed by atoms with Crippen molar-refractivity contribution in [2.24, 2.45) is 0 Å². The lowest BCUT2D eigenvalue weighted by Gasteiger charge is -2.27. The van der Waals surface area contributed by atoms with Crippen LogP contribution in [0.4, 0.5) is 0 Å². The molecule has 3 aromatic carbocycles. The third-order valence-electron chi connectivity index (χ3n) is 6.55. The molecule has 0 radical (unpaired) electrons. The van der Waals surface area contributed by atoms with Crippen LogP contribution < -0.4 is 14.2 Å². The smallest absolute Gasteiger partial charge is 0.273 e. The second kappa shape index (κ2) is 9.71. The first-order valence-corrected chi connectivity index (χ1v) is 12.0. The van der Waals surface area contributed by atoms with Crippen LogP contribution in [0, 0.1) is 6.92 Å². The van der Waals surface area contributed by atoms with Crippen molar-refractivity contribution < 1.29 is 24.1 Å². The number of aromatic nitrogens is 2. The highest BCUT2D eigenvalue weighted by Crippen LogP contribution is 2.48. The zero-order chi connectivity index (χ0) is 26.3. The fourth-order valence-electron chi connectivity index (χ4n) is 4.76. The van der Waals surface area contributed by atoms with Crippen LogP contribution in [0.3, 0.4) is 0 Å². The summed E-state index contributed by atoms with van der Waals surface area (Å²) >= 11 is 6.25. The topological polar surface area (TPSA) is 96.9 Å². The first-order chi connectivity index (χ1) is 17.9. The first-order valence-electron chi connectivity index (χ1n) is 11.6. The molecule has 0 spiro atoms. The number of fused-ring (bicyclic) bond motifs is 1. The molecule has 4 aromatic rings. The number of aryl methyl sites for hydroxylation is 1. The van der Waals surface area contributed by atoms with Gasteiger partial charge in [0.05, 0.1) is 27.4 Å². The maximum absolute atomic E-state index is 13.8. The minimum atomic E-state index is -0.565. The summed E-state index contributed by atoms with van der Waals surface area (Å²) in [5.41, 5.74) is 4.68. The van der Waals surface area contributed by atoms with Gasteiger partial charge in [0, 0.05) is 22.7 Å². The molecule has 190 valence electrons. The van der Waals surface area contributed by atoms with Crippen molar-refractivity contribution in [2.45, 2.75) is 19.5 Å². The van der Waals surface area contributed by atoms with Crippen LogP contribution in [0.1, 0.15) is 38.8 Å². The molecule has 1 unspecified atom stereocenters. The highest BCUT2D eigenvalue weighted by molar-refractivity contribution is 6.31. The van der Waals surface area contributed by atoms with Gasteiger partial charge in [0.15, 0.2) is 11.5 Å². The highest BCUT2D eigenvalue weighted by atomic mass is 35.5. The van der Waals surface area contributed by atoms with Crippen molar-refractivity contribution in [3.05, 3.63) is 87.6 Å². The summed E-state index contributed by atoms with van der Waals surface area (Å²) in [6, 6.07) is 15.9. The monoisotopic (exact) mass is 519 g/mol. The normalized spacial score (nSPS) is 14.6. The number of rotatable bonds is 7. The Hall–Kier alpha value is -4.17. The molecule has 1 aliphatic rings. The number of hydrogen-bond acceptors (Lipinski definition) is 6. The Morgan fingerprint density at radius 3 is 2.30 bits per heavy atom. The number of phenolic OH excluding ortho intramolecular Hbond substituents is 1. The maximum Gasteiger partial charge on any atom is 0.273 e. The molecule has 8 nitrogen and oxygen atoms in total. The summed E-state index contributed by atoms with van der Waals surface area (Å²) in [5.74, 6) is 1.16. The van der Waals surface area contributed by atoms with Gasteiger partial charge in [-0.2, -0.15) is 5.10 Å². The van der Waals surface area contributed by atoms with Crippen molar-refractivity contribution in [2.75, 3.05) is 21.3 Å². The lowest BCUT2D eigenvalue weighted by Crippen LogP contribution is -2.29. The summed E-state index contributed by atoms with van der Waals surface area (Å²) in [6.07, 6.45) is 0. The second-order valence-electron chi connectivity index (χ2n) is 8.80. The molecular formula is C28H26ClN3O5. The Morgan fingerprint density at radius 2 is 1.68 bits per heavy atom. The van der Waals surface area contributed by atoms with Gasteiger partial charge in [-0.3, -0.25) is 9.89 Å². The molecule has 37 heavy (non-hydrogen) atoms. The quantitative estimate of drug-likeness (QED) is 0.334. The number of halogens is 1. The number of ether oxygens (including phenoxy) is 3. The standard InChI is InChI=1S/C28H26ClN3O5/c1-15-5-7-16(8-6-15)14-32-26(17-11-21(35-2)27(37-4)22(12-17)36-3)23-24(30-31-25(23)28(32)34)19-13-18(29)9-10-20(19)33/h5-13,26,33H,14H2,1-4H3,(H,30,31). The van der Waals surface area contributed by atoms with Gasteiger partial charge in [-0.1, -0.05) is 41.4 Å². The predicted octanol–water partition coefficient (Wildman–Crippen LogP) is 5.52. The second-order valence-corrected chi connectivity index (χ2v) is 9.24. The summed E-state index contributed by atoms with van der Waals surface area (Å²) in [6.45, 7) is 2.37. The van der Waals surface area contributed by atoms with Gasteiger partial charge in [0.1, 0.15) is 17.1 Å². The van der Waals surface area contributed by atoms with E-state index in [2.05, 4.69) is 10.2 Å². The van der Waals surface area contributed by atoms with Gasteiger partial charge in [0.25, 0.3) is 5.91 Å². The van der Waals surface area contributed by atoms with Gasteiger partial charge < -0.3 is 24.2 Å². The third kappa shape index (κ3) is 4.23. The van der Waals surface area contributed by atoms with E-state index < -0.39 is 6.04 Å². The average Bonchev–Trinajstić information content (AvgIpc) is 3.44. The van der Waals surface area contributed by atoms with E-state index in [1.165, 1.54) is 13.2 Å². The van der Waals surface area contributed by atoms with Gasteiger partial charge in [-0.05, 0) is 48.4 Å². The van der Waals surface area contributed by atoms with Crippen LogP contribution in [0.2, 0.25) is 5.02 Å². The van der Waals surface area contributed by atoms with Crippen LogP contribution in [-0.4, -0.2) is 47.4 Å². The van der Waals surface area contributed by atoms with Gasteiger partial charge in [-0.15, -0.1) is 0 Å². The zero-order valence-corrected chi connectivity index (χ0v) is 21.6. The van der Waals surface area contributed by atoms with Crippen LogP contribution >= 0.6 is 11.6 Å². The molecule has 2 N–H and O–H groups in total. The van der Waals surface area contributed by atoms with Gasteiger partial charge in [0.2, 0.25) is 5.75 Å². The molecule has 1 amide bonds. The molecule has 5 rings (SSSR count). The summed E-state index contributed by atoms with van der Waals surface area (Å²) in [7, 11) is 4.63. The Labute approximate surface area is 219 Å². The molecule has 1 aromatic heterocycles. The van der Waals surface area contributed by atoms with E-state index >= 15 is 0 Å². The van der Waals surface area contributed by atoms with E-state index in [0.29, 0.717) is 51.3 Å². The number of methoxy groups -OCH3 is 3. The van der Waals surface area contributed by atoms with Crippen molar-refractivity contribution >= 4 is 17.5 Å². The molecule has 0 fully saturated rings. The van der Waals surface area contributed by atoms with E-state index in [-0.39, 0.29) is 11.7 Å². The number of H-pyrrole nitrogens is 1. The van der Waals surface area contributed by atoms with Crippen molar-refractivity contribution in [3.8, 4) is 34.3 Å². The largest absolute Gasteiger partial charge is 0.507 e. The highest BCUT2D eigenvalue weighted by Gasteiger charge is 2.43. The van der Waals surface area contributed by atoms with E-state index in [0.717, 1.165) is 16.7 Å². The lowest BCUT2D eigenvalue weighted by atomic mass is 9.95. The van der Waals surface area contributed by atoms with E-state index in [4.69, 9.17) is 25.8 Å². The number of carbonyl (C=O) groups is 1. The predicted molar refractivity (Wildman–Crippen MR) is 140 cm³/mol. The van der Waals surface area contributed by atoms with E-state index in [1.54, 1.807) is 31.3 Å². The number of nitrogens with one attached hydrogen (secondary N) is 1. The number of hydrogen-bond donors (Lipinski definition) is 2. The third-order valence-corrected chi connectivity index (χ3v) is 6.79. The van der Waals surface area contributed by atoms with Crippen LogP contribution in [0.25, 0.3) is 11.3 Å². The summed E-state index contributed by atoms with van der Waals surface area (Å²) in [4.78, 5) is 15.5. The SMILES string of the molecule is COc1cc(C2c3c(-c4cc(Cl)ccc4O)n[nH]c3C(=O)N2Cc2ccc(C)cc2)cc(OC)c1OC. The first kappa shape index (κ1) is 24.5. The molecule has 0 saturated heterocycles. The van der Waals surface area contributed by atoms with Gasteiger partial charge in [-0.25, -0.2) is 0 Å². The molecule has 0 aliphatic carbocycles. The average molecular weight is 520 g/mol. The molecule has 0 bridgehead atoms. The minimum absolute atomic E-state index is 0.00627. The number of aromatic hydroxyl groups is 1. The fraction of sp³-hybridized carbons (Fsp3) is 0.214. The fourth-order valence-corrected chi connectivity index (χ4v) is 4.93. The number of aromatic amines is 1. The number of amides is 1.